The van der Waals surface area contributed by atoms with Crippen molar-refractivity contribution in [3.63, 3.8) is 0 Å². The van der Waals surface area contributed by atoms with Crippen molar-refractivity contribution in [2.24, 2.45) is 5.92 Å². The van der Waals surface area contributed by atoms with Gasteiger partial charge in [-0.15, -0.1) is 12.4 Å². The number of fused-ring (bicyclic) bond motifs is 2. The van der Waals surface area contributed by atoms with Crippen LogP contribution < -0.4 is 15.5 Å². The molecule has 3 saturated heterocycles. The summed E-state index contributed by atoms with van der Waals surface area (Å²) in [5, 5.41) is 6.63. The van der Waals surface area contributed by atoms with Crippen molar-refractivity contribution in [1.82, 2.24) is 10.6 Å². The van der Waals surface area contributed by atoms with Gasteiger partial charge in [-0.1, -0.05) is 18.2 Å². The Labute approximate surface area is 161 Å². The molecule has 0 saturated carbocycles. The van der Waals surface area contributed by atoms with Gasteiger partial charge in [-0.05, 0) is 56.6 Å². The number of rotatable bonds is 4. The molecule has 0 aliphatic carbocycles. The third kappa shape index (κ3) is 4.21. The average Bonchev–Trinajstić information content (AvgIpc) is 2.96. The Hall–Kier alpha value is -1.59. The van der Waals surface area contributed by atoms with Crippen molar-refractivity contribution in [3.05, 3.63) is 30.3 Å². The number of nitrogens with one attached hydrogen (secondary N) is 2. The highest BCUT2D eigenvalue weighted by Crippen LogP contribution is 2.32. The van der Waals surface area contributed by atoms with E-state index in [9.17, 15) is 9.59 Å². The zero-order valence-electron chi connectivity index (χ0n) is 15.0. The molecule has 2 N–H and O–H groups in total. The molecule has 3 atom stereocenters. The molecule has 6 heteroatoms. The van der Waals surface area contributed by atoms with E-state index in [1.165, 1.54) is 12.8 Å². The van der Waals surface area contributed by atoms with Gasteiger partial charge in [0.2, 0.25) is 11.8 Å². The fourth-order valence-corrected chi connectivity index (χ4v) is 4.73. The lowest BCUT2D eigenvalue weighted by molar-refractivity contribution is -0.129. The summed E-state index contributed by atoms with van der Waals surface area (Å²) < 4.78 is 0. The van der Waals surface area contributed by atoms with Gasteiger partial charge < -0.3 is 15.5 Å². The van der Waals surface area contributed by atoms with Gasteiger partial charge in [-0.25, -0.2) is 0 Å². The Morgan fingerprint density at radius 1 is 1.12 bits per heavy atom. The zero-order valence-corrected chi connectivity index (χ0v) is 15.8. The molecule has 1 aromatic rings. The number of nitrogens with zero attached hydrogens (tertiary/aromatic N) is 1. The van der Waals surface area contributed by atoms with Gasteiger partial charge >= 0.3 is 0 Å². The molecule has 26 heavy (non-hydrogen) atoms. The predicted molar refractivity (Wildman–Crippen MR) is 104 cm³/mol. The number of hydrogen-bond donors (Lipinski definition) is 2. The summed E-state index contributed by atoms with van der Waals surface area (Å²) in [7, 11) is 0. The number of halogens is 1. The SMILES string of the molecule is Cl.O=C(CC1CC2CCC(C1)N2)NC1CCCN(c2ccccc2)C1=O. The normalized spacial score (nSPS) is 30.6. The Balaban J connectivity index is 0.00000196. The highest BCUT2D eigenvalue weighted by Gasteiger charge is 2.35. The summed E-state index contributed by atoms with van der Waals surface area (Å²) in [6.07, 6.45) is 6.90. The lowest BCUT2D eigenvalue weighted by Crippen LogP contribution is -2.52. The van der Waals surface area contributed by atoms with Gasteiger partial charge in [0.05, 0.1) is 0 Å². The van der Waals surface area contributed by atoms with E-state index in [1.54, 1.807) is 4.90 Å². The van der Waals surface area contributed by atoms with Crippen molar-refractivity contribution >= 4 is 29.9 Å². The number of benzene rings is 1. The molecule has 2 bridgehead atoms. The van der Waals surface area contributed by atoms with E-state index >= 15 is 0 Å². The van der Waals surface area contributed by atoms with Gasteiger partial charge in [-0.3, -0.25) is 9.59 Å². The molecule has 4 rings (SSSR count). The van der Waals surface area contributed by atoms with Gasteiger partial charge in [0.15, 0.2) is 0 Å². The molecule has 0 spiro atoms. The maximum atomic E-state index is 12.8. The number of anilines is 1. The van der Waals surface area contributed by atoms with Gasteiger partial charge in [0.25, 0.3) is 0 Å². The third-order valence-corrected chi connectivity index (χ3v) is 5.89. The van der Waals surface area contributed by atoms with Crippen molar-refractivity contribution < 1.29 is 9.59 Å². The fourth-order valence-electron chi connectivity index (χ4n) is 4.73. The van der Waals surface area contributed by atoms with Crippen LogP contribution in [0.5, 0.6) is 0 Å². The number of piperidine rings is 2. The van der Waals surface area contributed by atoms with E-state index in [-0.39, 0.29) is 30.3 Å². The van der Waals surface area contributed by atoms with Gasteiger partial charge in [-0.2, -0.15) is 0 Å². The predicted octanol–water partition coefficient (Wildman–Crippen LogP) is 2.64. The van der Waals surface area contributed by atoms with Crippen LogP contribution in [0.2, 0.25) is 0 Å². The molecular weight excluding hydrogens is 350 g/mol. The van der Waals surface area contributed by atoms with Gasteiger partial charge in [0.1, 0.15) is 6.04 Å². The number of carbonyl (C=O) groups is 2. The van der Waals surface area contributed by atoms with E-state index in [0.717, 1.165) is 37.9 Å². The third-order valence-electron chi connectivity index (χ3n) is 5.89. The summed E-state index contributed by atoms with van der Waals surface area (Å²) in [5.41, 5.74) is 0.918. The molecule has 3 aliphatic heterocycles. The number of para-hydroxylation sites is 1. The van der Waals surface area contributed by atoms with E-state index in [0.29, 0.717) is 24.4 Å². The van der Waals surface area contributed by atoms with Crippen LogP contribution in [0.4, 0.5) is 5.69 Å². The Bertz CT molecular complexity index is 627. The second kappa shape index (κ2) is 8.40. The van der Waals surface area contributed by atoms with Crippen LogP contribution in [-0.4, -0.2) is 36.5 Å². The van der Waals surface area contributed by atoms with E-state index in [1.807, 2.05) is 30.3 Å². The summed E-state index contributed by atoms with van der Waals surface area (Å²) >= 11 is 0. The van der Waals surface area contributed by atoms with Crippen molar-refractivity contribution in [3.8, 4) is 0 Å². The van der Waals surface area contributed by atoms with Crippen LogP contribution in [0, 0.1) is 5.92 Å². The molecule has 2 amide bonds. The first-order valence-corrected chi connectivity index (χ1v) is 9.61. The van der Waals surface area contributed by atoms with Crippen molar-refractivity contribution in [1.29, 1.82) is 0 Å². The zero-order chi connectivity index (χ0) is 17.2. The Kier molecular flexibility index (Phi) is 6.20. The molecule has 5 nitrogen and oxygen atoms in total. The van der Waals surface area contributed by atoms with Crippen molar-refractivity contribution in [2.75, 3.05) is 11.4 Å². The standard InChI is InChI=1S/C20H27N3O2.ClH/c24-19(13-14-11-15-8-9-16(12-14)21-15)22-18-7-4-10-23(20(18)25)17-5-2-1-3-6-17;/h1-3,5-6,14-16,18,21H,4,7-13H2,(H,22,24);1H. The van der Waals surface area contributed by atoms with E-state index < -0.39 is 0 Å². The topological polar surface area (TPSA) is 61.4 Å². The minimum Gasteiger partial charge on any atom is -0.344 e. The molecule has 0 radical (unpaired) electrons. The fraction of sp³-hybridized carbons (Fsp3) is 0.600. The molecular formula is C20H28ClN3O2. The summed E-state index contributed by atoms with van der Waals surface area (Å²) in [6, 6.07) is 10.6. The molecule has 3 aliphatic rings. The Morgan fingerprint density at radius 2 is 1.81 bits per heavy atom. The lowest BCUT2D eigenvalue weighted by atomic mass is 9.89. The average molecular weight is 378 g/mol. The molecule has 0 aromatic heterocycles. The molecule has 3 heterocycles. The van der Waals surface area contributed by atoms with Crippen LogP contribution in [0.25, 0.3) is 0 Å². The van der Waals surface area contributed by atoms with Crippen LogP contribution in [0.15, 0.2) is 30.3 Å². The lowest BCUT2D eigenvalue weighted by Gasteiger charge is -2.33. The minimum absolute atomic E-state index is 0. The number of hydrogen-bond acceptors (Lipinski definition) is 3. The maximum absolute atomic E-state index is 12.8. The second-order valence-electron chi connectivity index (χ2n) is 7.77. The summed E-state index contributed by atoms with van der Waals surface area (Å²) in [5.74, 6) is 0.526. The molecule has 1 aromatic carbocycles. The van der Waals surface area contributed by atoms with Crippen LogP contribution in [0.1, 0.15) is 44.9 Å². The van der Waals surface area contributed by atoms with Crippen molar-refractivity contribution in [2.45, 2.75) is 63.1 Å². The van der Waals surface area contributed by atoms with Crippen LogP contribution in [0.3, 0.4) is 0 Å². The highest BCUT2D eigenvalue weighted by molar-refractivity contribution is 5.99. The van der Waals surface area contributed by atoms with E-state index in [2.05, 4.69) is 10.6 Å². The quantitative estimate of drug-likeness (QED) is 0.847. The molecule has 3 unspecified atom stereocenters. The number of carbonyl (C=O) groups excluding carboxylic acids is 2. The number of amides is 2. The summed E-state index contributed by atoms with van der Waals surface area (Å²) in [6.45, 7) is 0.729. The first-order valence-electron chi connectivity index (χ1n) is 9.61. The van der Waals surface area contributed by atoms with Crippen LogP contribution in [-0.2, 0) is 9.59 Å². The molecule has 3 fully saturated rings. The van der Waals surface area contributed by atoms with E-state index in [4.69, 9.17) is 0 Å². The van der Waals surface area contributed by atoms with Crippen LogP contribution >= 0.6 is 12.4 Å². The van der Waals surface area contributed by atoms with Gasteiger partial charge in [0, 0.05) is 30.7 Å². The Morgan fingerprint density at radius 3 is 2.50 bits per heavy atom. The maximum Gasteiger partial charge on any atom is 0.249 e. The first kappa shape index (κ1) is 19.2. The minimum atomic E-state index is -0.375. The highest BCUT2D eigenvalue weighted by atomic mass is 35.5. The largest absolute Gasteiger partial charge is 0.344 e. The molecule has 142 valence electrons. The first-order chi connectivity index (χ1) is 12.2. The summed E-state index contributed by atoms with van der Waals surface area (Å²) in [4.78, 5) is 27.1. The second-order valence-corrected chi connectivity index (χ2v) is 7.77. The smallest absolute Gasteiger partial charge is 0.249 e. The monoisotopic (exact) mass is 377 g/mol.